The molecule has 138 valence electrons. The van der Waals surface area contributed by atoms with Crippen LogP contribution in [-0.2, 0) is 23.2 Å². The number of nitrogens with one attached hydrogen (secondary N) is 1. The molecule has 1 atom stereocenters. The molecular weight excluding hydrogens is 346 g/mol. The third-order valence-electron chi connectivity index (χ3n) is 5.40. The van der Waals surface area contributed by atoms with Crippen LogP contribution in [0.5, 0.6) is 0 Å². The van der Waals surface area contributed by atoms with Crippen LogP contribution in [0.2, 0.25) is 0 Å². The van der Waals surface area contributed by atoms with Gasteiger partial charge in [0.05, 0.1) is 0 Å². The van der Waals surface area contributed by atoms with Crippen molar-refractivity contribution in [2.24, 2.45) is 5.92 Å². The van der Waals surface area contributed by atoms with E-state index in [0.29, 0.717) is 25.6 Å². The summed E-state index contributed by atoms with van der Waals surface area (Å²) in [6, 6.07) is 18.4. The highest BCUT2D eigenvalue weighted by Gasteiger charge is 2.29. The Bertz CT molecular complexity index is 854. The molecule has 0 amide bonds. The molecule has 0 aliphatic carbocycles. The van der Waals surface area contributed by atoms with Crippen LogP contribution in [0.3, 0.4) is 0 Å². The van der Waals surface area contributed by atoms with Crippen molar-refractivity contribution in [2.45, 2.75) is 19.4 Å². The highest BCUT2D eigenvalue weighted by atomic mass is 32.2. The van der Waals surface area contributed by atoms with Crippen LogP contribution in [0.25, 0.3) is 0 Å². The van der Waals surface area contributed by atoms with Gasteiger partial charge in [-0.15, -0.1) is 0 Å². The van der Waals surface area contributed by atoms with Crippen molar-refractivity contribution >= 4 is 15.9 Å². The van der Waals surface area contributed by atoms with Crippen LogP contribution >= 0.6 is 0 Å². The first-order valence-corrected chi connectivity index (χ1v) is 10.7. The Morgan fingerprint density at radius 1 is 0.962 bits per heavy atom. The van der Waals surface area contributed by atoms with Gasteiger partial charge in [0.15, 0.2) is 0 Å². The third-order valence-corrected chi connectivity index (χ3v) is 6.92. The molecule has 0 spiro atoms. The monoisotopic (exact) mass is 371 g/mol. The van der Waals surface area contributed by atoms with E-state index in [-0.39, 0.29) is 0 Å². The second-order valence-corrected chi connectivity index (χ2v) is 8.90. The number of anilines is 1. The summed E-state index contributed by atoms with van der Waals surface area (Å²) >= 11 is 0. The van der Waals surface area contributed by atoms with Crippen molar-refractivity contribution in [1.29, 1.82) is 0 Å². The third kappa shape index (κ3) is 3.77. The molecule has 1 fully saturated rings. The van der Waals surface area contributed by atoms with E-state index in [1.807, 2.05) is 36.4 Å². The second-order valence-electron chi connectivity index (χ2n) is 7.14. The number of fused-ring (bicyclic) bond motifs is 1. The van der Waals surface area contributed by atoms with Crippen LogP contribution in [0, 0.1) is 5.92 Å². The van der Waals surface area contributed by atoms with E-state index < -0.39 is 10.2 Å². The highest BCUT2D eigenvalue weighted by Crippen LogP contribution is 2.24. The molecule has 2 aromatic carbocycles. The Balaban J connectivity index is 1.33. The number of hydrogen-bond acceptors (Lipinski definition) is 3. The van der Waals surface area contributed by atoms with Crippen LogP contribution in [0.1, 0.15) is 17.5 Å². The Morgan fingerprint density at radius 3 is 2.50 bits per heavy atom. The van der Waals surface area contributed by atoms with E-state index in [0.717, 1.165) is 31.5 Å². The van der Waals surface area contributed by atoms with Crippen LogP contribution in [-0.4, -0.2) is 38.9 Å². The maximum atomic E-state index is 12.7. The van der Waals surface area contributed by atoms with E-state index >= 15 is 0 Å². The van der Waals surface area contributed by atoms with Gasteiger partial charge in [0, 0.05) is 38.4 Å². The van der Waals surface area contributed by atoms with E-state index in [1.165, 1.54) is 11.3 Å². The van der Waals surface area contributed by atoms with Crippen molar-refractivity contribution in [1.82, 2.24) is 9.03 Å². The van der Waals surface area contributed by atoms with Gasteiger partial charge >= 0.3 is 0 Å². The molecule has 0 saturated carbocycles. The van der Waals surface area contributed by atoms with Crippen LogP contribution < -0.4 is 9.62 Å². The summed E-state index contributed by atoms with van der Waals surface area (Å²) in [5.41, 5.74) is 3.58. The predicted molar refractivity (Wildman–Crippen MR) is 104 cm³/mol. The zero-order chi connectivity index (χ0) is 18.0. The van der Waals surface area contributed by atoms with Gasteiger partial charge in [-0.05, 0) is 42.0 Å². The highest BCUT2D eigenvalue weighted by molar-refractivity contribution is 7.87. The lowest BCUT2D eigenvalue weighted by Crippen LogP contribution is -2.45. The number of para-hydroxylation sites is 1. The molecule has 4 rings (SSSR count). The molecule has 0 unspecified atom stereocenters. The summed E-state index contributed by atoms with van der Waals surface area (Å²) < 4.78 is 29.8. The fourth-order valence-electron chi connectivity index (χ4n) is 3.86. The minimum atomic E-state index is -3.43. The maximum Gasteiger partial charge on any atom is 0.279 e. The van der Waals surface area contributed by atoms with Crippen molar-refractivity contribution in [3.05, 3.63) is 65.7 Å². The summed E-state index contributed by atoms with van der Waals surface area (Å²) in [5, 5.41) is 0. The lowest BCUT2D eigenvalue weighted by Gasteiger charge is -2.28. The largest absolute Gasteiger partial charge is 0.371 e. The lowest BCUT2D eigenvalue weighted by atomic mass is 10.0. The van der Waals surface area contributed by atoms with E-state index in [2.05, 4.69) is 27.8 Å². The molecular formula is C20H25N3O2S. The van der Waals surface area contributed by atoms with Gasteiger partial charge in [-0.2, -0.15) is 12.7 Å². The van der Waals surface area contributed by atoms with Crippen molar-refractivity contribution < 1.29 is 8.42 Å². The topological polar surface area (TPSA) is 52.7 Å². The molecule has 1 saturated heterocycles. The average molecular weight is 372 g/mol. The molecule has 0 radical (unpaired) electrons. The summed E-state index contributed by atoms with van der Waals surface area (Å²) in [6.45, 7) is 3.39. The number of benzene rings is 2. The molecule has 5 nitrogen and oxygen atoms in total. The van der Waals surface area contributed by atoms with Gasteiger partial charge in [-0.1, -0.05) is 42.5 Å². The maximum absolute atomic E-state index is 12.7. The molecule has 2 aromatic rings. The van der Waals surface area contributed by atoms with Gasteiger partial charge < -0.3 is 4.90 Å². The molecule has 26 heavy (non-hydrogen) atoms. The van der Waals surface area contributed by atoms with E-state index in [4.69, 9.17) is 0 Å². The fraction of sp³-hybridized carbons (Fsp3) is 0.400. The van der Waals surface area contributed by atoms with Gasteiger partial charge in [-0.3, -0.25) is 0 Å². The molecule has 2 aliphatic rings. The van der Waals surface area contributed by atoms with Gasteiger partial charge in [-0.25, -0.2) is 4.72 Å². The zero-order valence-corrected chi connectivity index (χ0v) is 15.7. The van der Waals surface area contributed by atoms with Crippen LogP contribution in [0.15, 0.2) is 54.6 Å². The molecule has 1 N–H and O–H groups in total. The predicted octanol–water partition coefficient (Wildman–Crippen LogP) is 2.41. The smallest absolute Gasteiger partial charge is 0.279 e. The minimum absolute atomic E-state index is 0.349. The standard InChI is InChI=1S/C20H25N3O2S/c24-26(25,23-13-11-18-6-4-5-7-19(18)16-23)21-14-17-10-12-22(15-17)20-8-2-1-3-9-20/h1-9,17,21H,10-16H2/t17-/m0/s1. The van der Waals surface area contributed by atoms with Crippen molar-refractivity contribution in [2.75, 3.05) is 31.1 Å². The Kier molecular flexibility index (Phi) is 4.98. The summed E-state index contributed by atoms with van der Waals surface area (Å²) in [4.78, 5) is 2.33. The van der Waals surface area contributed by atoms with Gasteiger partial charge in [0.1, 0.15) is 0 Å². The van der Waals surface area contributed by atoms with Crippen molar-refractivity contribution in [3.63, 3.8) is 0 Å². The number of nitrogens with zero attached hydrogens (tertiary/aromatic N) is 2. The van der Waals surface area contributed by atoms with E-state index in [9.17, 15) is 8.42 Å². The number of hydrogen-bond donors (Lipinski definition) is 1. The van der Waals surface area contributed by atoms with E-state index in [1.54, 1.807) is 4.31 Å². The minimum Gasteiger partial charge on any atom is -0.371 e. The number of rotatable bonds is 5. The first kappa shape index (κ1) is 17.5. The quantitative estimate of drug-likeness (QED) is 0.878. The molecule has 6 heteroatoms. The van der Waals surface area contributed by atoms with Gasteiger partial charge in [0.2, 0.25) is 0 Å². The van der Waals surface area contributed by atoms with Gasteiger partial charge in [0.25, 0.3) is 10.2 Å². The summed E-state index contributed by atoms with van der Waals surface area (Å²) in [6.07, 6.45) is 1.79. The average Bonchev–Trinajstić information content (AvgIpc) is 3.16. The van der Waals surface area contributed by atoms with Crippen LogP contribution in [0.4, 0.5) is 5.69 Å². The fourth-order valence-corrected chi connectivity index (χ4v) is 5.13. The summed E-state index contributed by atoms with van der Waals surface area (Å²) in [5.74, 6) is 0.349. The second kappa shape index (κ2) is 7.39. The lowest BCUT2D eigenvalue weighted by molar-refractivity contribution is 0.380. The Hall–Kier alpha value is -1.89. The molecule has 0 aromatic heterocycles. The Labute approximate surface area is 155 Å². The SMILES string of the molecule is O=S(=O)(NC[C@@H]1CCN(c2ccccc2)C1)N1CCc2ccccc2C1. The van der Waals surface area contributed by atoms with Crippen molar-refractivity contribution in [3.8, 4) is 0 Å². The Morgan fingerprint density at radius 2 is 1.69 bits per heavy atom. The normalized spacial score (nSPS) is 20.9. The summed E-state index contributed by atoms with van der Waals surface area (Å²) in [7, 11) is -3.43. The molecule has 2 aliphatic heterocycles. The molecule has 2 heterocycles. The first-order chi connectivity index (χ1) is 12.6. The first-order valence-electron chi connectivity index (χ1n) is 9.23. The zero-order valence-electron chi connectivity index (χ0n) is 14.8. The molecule has 0 bridgehead atoms.